The van der Waals surface area contributed by atoms with E-state index in [0.717, 1.165) is 18.3 Å². The fourth-order valence-corrected chi connectivity index (χ4v) is 2.55. The topological polar surface area (TPSA) is 68.5 Å². The molecule has 0 aliphatic carbocycles. The second-order valence-corrected chi connectivity index (χ2v) is 5.44. The molecule has 2 aromatic carbocycles. The van der Waals surface area contributed by atoms with Crippen molar-refractivity contribution in [2.45, 2.75) is 0 Å². The lowest BCUT2D eigenvalue weighted by Crippen LogP contribution is -2.18. The minimum absolute atomic E-state index is 0.0836. The van der Waals surface area contributed by atoms with Crippen molar-refractivity contribution in [2.24, 2.45) is 0 Å². The van der Waals surface area contributed by atoms with Gasteiger partial charge in [-0.25, -0.2) is 13.6 Å². The maximum atomic E-state index is 14.3. The van der Waals surface area contributed by atoms with Gasteiger partial charge in [0.25, 0.3) is 0 Å². The Morgan fingerprint density at radius 2 is 1.77 bits per heavy atom. The predicted octanol–water partition coefficient (Wildman–Crippen LogP) is 3.49. The fourth-order valence-electron chi connectivity index (χ4n) is 2.55. The van der Waals surface area contributed by atoms with Gasteiger partial charge in [-0.1, -0.05) is 0 Å². The highest BCUT2D eigenvalue weighted by Gasteiger charge is 2.17. The van der Waals surface area contributed by atoms with Crippen LogP contribution in [0.5, 0.6) is 5.75 Å². The van der Waals surface area contributed by atoms with Crippen molar-refractivity contribution in [1.29, 1.82) is 0 Å². The smallest absolute Gasteiger partial charge is 0.341 e. The van der Waals surface area contributed by atoms with E-state index >= 15 is 0 Å². The molecule has 0 bridgehead atoms. The summed E-state index contributed by atoms with van der Waals surface area (Å²) >= 11 is 0. The molecule has 0 atom stereocenters. The zero-order chi connectivity index (χ0) is 18.8. The first kappa shape index (κ1) is 17.3. The van der Waals surface area contributed by atoms with Gasteiger partial charge in [0.05, 0.1) is 18.5 Å². The molecule has 0 saturated carbocycles. The van der Waals surface area contributed by atoms with Crippen LogP contribution in [-0.4, -0.2) is 22.8 Å². The van der Waals surface area contributed by atoms with Crippen LogP contribution in [0.15, 0.2) is 59.5 Å². The number of carbonyl (C=O) groups is 1. The number of halogens is 2. The Kier molecular flexibility index (Phi) is 4.53. The number of ether oxygens (including phenoxy) is 1. The maximum Gasteiger partial charge on any atom is 0.341 e. The number of aromatic carboxylic acids is 1. The molecule has 1 heterocycles. The Bertz CT molecular complexity index is 1040. The van der Waals surface area contributed by atoms with Crippen molar-refractivity contribution in [3.05, 3.63) is 82.1 Å². The van der Waals surface area contributed by atoms with Crippen molar-refractivity contribution in [3.63, 3.8) is 0 Å². The summed E-state index contributed by atoms with van der Waals surface area (Å²) in [5.74, 6) is -2.51. The van der Waals surface area contributed by atoms with Gasteiger partial charge in [0.2, 0.25) is 0 Å². The normalized spacial score (nSPS) is 10.6. The predicted molar refractivity (Wildman–Crippen MR) is 90.9 cm³/mol. The molecule has 0 aliphatic rings. The molecule has 1 aromatic heterocycles. The van der Waals surface area contributed by atoms with E-state index in [4.69, 9.17) is 4.74 Å². The molecule has 26 heavy (non-hydrogen) atoms. The third-order valence-corrected chi connectivity index (χ3v) is 3.84. The van der Waals surface area contributed by atoms with Crippen LogP contribution >= 0.6 is 0 Å². The number of aromatic nitrogens is 1. The fraction of sp³-hybridized carbons (Fsp3) is 0.0526. The number of hydrogen-bond acceptors (Lipinski definition) is 3. The van der Waals surface area contributed by atoms with Crippen LogP contribution in [0, 0.1) is 11.6 Å². The van der Waals surface area contributed by atoms with E-state index in [2.05, 4.69) is 0 Å². The lowest BCUT2D eigenvalue weighted by Gasteiger charge is -2.16. The number of benzene rings is 2. The molecule has 0 radical (unpaired) electrons. The minimum Gasteiger partial charge on any atom is -0.497 e. The molecule has 0 unspecified atom stereocenters. The highest BCUT2D eigenvalue weighted by atomic mass is 19.1. The van der Waals surface area contributed by atoms with Crippen LogP contribution < -0.4 is 10.2 Å². The first-order valence-corrected chi connectivity index (χ1v) is 7.50. The standard InChI is InChI=1S/C19H13F2NO4/c1-26-13-5-2-11(3-6-13)17-9-18(23)14(19(24)25)10-22(17)16-7-4-12(20)8-15(16)21/h2-10H,1H3,(H,24,25). The van der Waals surface area contributed by atoms with Crippen molar-refractivity contribution in [1.82, 2.24) is 4.57 Å². The van der Waals surface area contributed by atoms with Crippen LogP contribution in [0.4, 0.5) is 8.78 Å². The highest BCUT2D eigenvalue weighted by molar-refractivity contribution is 5.87. The molecule has 0 saturated heterocycles. The summed E-state index contributed by atoms with van der Waals surface area (Å²) < 4.78 is 33.8. The Morgan fingerprint density at radius 3 is 2.35 bits per heavy atom. The number of hydrogen-bond donors (Lipinski definition) is 1. The molecule has 0 amide bonds. The largest absolute Gasteiger partial charge is 0.497 e. The quantitative estimate of drug-likeness (QED) is 0.776. The van der Waals surface area contributed by atoms with Crippen molar-refractivity contribution < 1.29 is 23.4 Å². The Labute approximate surface area is 146 Å². The van der Waals surface area contributed by atoms with E-state index in [1.54, 1.807) is 24.3 Å². The van der Waals surface area contributed by atoms with E-state index in [-0.39, 0.29) is 11.4 Å². The summed E-state index contributed by atoms with van der Waals surface area (Å²) in [6, 6.07) is 10.6. The number of methoxy groups -OCH3 is 1. The third kappa shape index (κ3) is 3.19. The Balaban J connectivity index is 2.30. The first-order valence-electron chi connectivity index (χ1n) is 7.50. The lowest BCUT2D eigenvalue weighted by molar-refractivity contribution is 0.0695. The van der Waals surface area contributed by atoms with Gasteiger partial charge in [0.1, 0.15) is 22.9 Å². The lowest BCUT2D eigenvalue weighted by atomic mass is 10.1. The van der Waals surface area contributed by atoms with Crippen LogP contribution in [0.2, 0.25) is 0 Å². The zero-order valence-corrected chi connectivity index (χ0v) is 13.6. The van der Waals surface area contributed by atoms with Crippen molar-refractivity contribution in [3.8, 4) is 22.7 Å². The van der Waals surface area contributed by atoms with Gasteiger partial charge in [0, 0.05) is 18.3 Å². The second-order valence-electron chi connectivity index (χ2n) is 5.44. The second kappa shape index (κ2) is 6.79. The van der Waals surface area contributed by atoms with E-state index in [1.165, 1.54) is 17.7 Å². The molecular weight excluding hydrogens is 344 g/mol. The van der Waals surface area contributed by atoms with Crippen molar-refractivity contribution in [2.75, 3.05) is 7.11 Å². The van der Waals surface area contributed by atoms with Gasteiger partial charge in [0.15, 0.2) is 5.43 Å². The molecule has 0 aliphatic heterocycles. The number of carboxylic acid groups (broad SMARTS) is 1. The zero-order valence-electron chi connectivity index (χ0n) is 13.6. The number of carboxylic acids is 1. The molecule has 3 aromatic rings. The Morgan fingerprint density at radius 1 is 1.08 bits per heavy atom. The van der Waals surface area contributed by atoms with Gasteiger partial charge in [-0.3, -0.25) is 4.79 Å². The number of rotatable bonds is 4. The SMILES string of the molecule is COc1ccc(-c2cc(=O)c(C(=O)O)cn2-c2ccc(F)cc2F)cc1. The van der Waals surface area contributed by atoms with Crippen LogP contribution in [-0.2, 0) is 0 Å². The van der Waals surface area contributed by atoms with Gasteiger partial charge in [-0.05, 0) is 42.0 Å². The third-order valence-electron chi connectivity index (χ3n) is 3.84. The average molecular weight is 357 g/mol. The summed E-state index contributed by atoms with van der Waals surface area (Å²) in [5.41, 5.74) is -0.537. The summed E-state index contributed by atoms with van der Waals surface area (Å²) in [6.07, 6.45) is 1.03. The molecule has 5 nitrogen and oxygen atoms in total. The molecular formula is C19H13F2NO4. The maximum absolute atomic E-state index is 14.3. The molecule has 3 rings (SSSR count). The van der Waals surface area contributed by atoms with Crippen LogP contribution in [0.3, 0.4) is 0 Å². The summed E-state index contributed by atoms with van der Waals surface area (Å²) in [5, 5.41) is 9.20. The van der Waals surface area contributed by atoms with Gasteiger partial charge >= 0.3 is 5.97 Å². The number of nitrogens with zero attached hydrogens (tertiary/aromatic N) is 1. The first-order chi connectivity index (χ1) is 12.4. The van der Waals surface area contributed by atoms with Crippen LogP contribution in [0.25, 0.3) is 16.9 Å². The van der Waals surface area contributed by atoms with Gasteiger partial charge in [-0.2, -0.15) is 0 Å². The monoisotopic (exact) mass is 357 g/mol. The molecule has 7 heteroatoms. The van der Waals surface area contributed by atoms with E-state index in [1.807, 2.05) is 0 Å². The van der Waals surface area contributed by atoms with E-state index in [0.29, 0.717) is 17.4 Å². The molecule has 0 fully saturated rings. The molecule has 1 N–H and O–H groups in total. The summed E-state index contributed by atoms with van der Waals surface area (Å²) in [7, 11) is 1.50. The van der Waals surface area contributed by atoms with E-state index < -0.39 is 28.6 Å². The minimum atomic E-state index is -1.44. The van der Waals surface area contributed by atoms with E-state index in [9.17, 15) is 23.5 Å². The van der Waals surface area contributed by atoms with Crippen LogP contribution in [0.1, 0.15) is 10.4 Å². The Hall–Kier alpha value is -3.48. The number of pyridine rings is 1. The highest BCUT2D eigenvalue weighted by Crippen LogP contribution is 2.26. The summed E-state index contributed by atoms with van der Waals surface area (Å²) in [6.45, 7) is 0. The summed E-state index contributed by atoms with van der Waals surface area (Å²) in [4.78, 5) is 23.4. The molecule has 132 valence electrons. The van der Waals surface area contributed by atoms with Gasteiger partial charge < -0.3 is 14.4 Å². The van der Waals surface area contributed by atoms with Crippen molar-refractivity contribution >= 4 is 5.97 Å². The van der Waals surface area contributed by atoms with Gasteiger partial charge in [-0.15, -0.1) is 0 Å². The molecule has 0 spiro atoms. The average Bonchev–Trinajstić information content (AvgIpc) is 2.62.